The number of pyridine rings is 1. The summed E-state index contributed by atoms with van der Waals surface area (Å²) in [5.41, 5.74) is 1.26. The lowest BCUT2D eigenvalue weighted by molar-refractivity contribution is 0.0940. The van der Waals surface area contributed by atoms with Gasteiger partial charge in [-0.05, 0) is 32.9 Å². The third-order valence-electron chi connectivity index (χ3n) is 2.67. The molecule has 0 spiro atoms. The smallest absolute Gasteiger partial charge is 0.253 e. The molecule has 19 heavy (non-hydrogen) atoms. The van der Waals surface area contributed by atoms with Gasteiger partial charge in [0.15, 0.2) is 0 Å². The van der Waals surface area contributed by atoms with Gasteiger partial charge < -0.3 is 5.32 Å². The molecule has 0 bridgehead atoms. The summed E-state index contributed by atoms with van der Waals surface area (Å²) >= 11 is 1.56. The van der Waals surface area contributed by atoms with E-state index < -0.39 is 5.95 Å². The second-order valence-corrected chi connectivity index (χ2v) is 5.48. The predicted molar refractivity (Wildman–Crippen MR) is 71.7 cm³/mol. The Balaban J connectivity index is 2.10. The molecule has 0 aliphatic heterocycles. The van der Waals surface area contributed by atoms with E-state index in [2.05, 4.69) is 15.3 Å². The summed E-state index contributed by atoms with van der Waals surface area (Å²) in [6.45, 7) is 5.75. The van der Waals surface area contributed by atoms with Crippen molar-refractivity contribution in [3.05, 3.63) is 45.4 Å². The van der Waals surface area contributed by atoms with E-state index in [1.165, 1.54) is 18.3 Å². The van der Waals surface area contributed by atoms with Gasteiger partial charge in [0.1, 0.15) is 0 Å². The third kappa shape index (κ3) is 3.14. The molecule has 100 valence electrons. The summed E-state index contributed by atoms with van der Waals surface area (Å²) in [6, 6.07) is 2.44. The quantitative estimate of drug-likeness (QED) is 0.879. The Kier molecular flexibility index (Phi) is 3.90. The second-order valence-electron chi connectivity index (χ2n) is 4.25. The van der Waals surface area contributed by atoms with Crippen LogP contribution in [0.5, 0.6) is 0 Å². The van der Waals surface area contributed by atoms with Crippen molar-refractivity contribution in [1.29, 1.82) is 0 Å². The number of hydrogen-bond acceptors (Lipinski definition) is 4. The molecule has 2 rings (SSSR count). The number of rotatable bonds is 3. The maximum absolute atomic E-state index is 12.7. The van der Waals surface area contributed by atoms with E-state index >= 15 is 0 Å². The van der Waals surface area contributed by atoms with Crippen molar-refractivity contribution in [3.8, 4) is 0 Å². The highest BCUT2D eigenvalue weighted by atomic mass is 32.1. The first-order valence-corrected chi connectivity index (χ1v) is 6.65. The number of nitrogens with one attached hydrogen (secondary N) is 1. The van der Waals surface area contributed by atoms with E-state index in [1.807, 2.05) is 20.8 Å². The van der Waals surface area contributed by atoms with Crippen LogP contribution in [0.1, 0.15) is 38.9 Å². The zero-order chi connectivity index (χ0) is 14.0. The van der Waals surface area contributed by atoms with Gasteiger partial charge in [-0.3, -0.25) is 4.79 Å². The summed E-state index contributed by atoms with van der Waals surface area (Å²) < 4.78 is 12.7. The summed E-state index contributed by atoms with van der Waals surface area (Å²) in [4.78, 5) is 20.8. The van der Waals surface area contributed by atoms with Gasteiger partial charge in [-0.1, -0.05) is 0 Å². The minimum Gasteiger partial charge on any atom is -0.345 e. The molecule has 0 saturated heterocycles. The third-order valence-corrected chi connectivity index (χ3v) is 3.93. The molecule has 0 saturated carbocycles. The Labute approximate surface area is 114 Å². The van der Waals surface area contributed by atoms with E-state index in [9.17, 15) is 9.18 Å². The van der Waals surface area contributed by atoms with E-state index in [0.717, 1.165) is 15.6 Å². The molecule has 0 aromatic carbocycles. The van der Waals surface area contributed by atoms with Crippen molar-refractivity contribution in [2.75, 3.05) is 0 Å². The van der Waals surface area contributed by atoms with Crippen molar-refractivity contribution >= 4 is 17.2 Å². The van der Waals surface area contributed by atoms with Crippen molar-refractivity contribution in [3.63, 3.8) is 0 Å². The van der Waals surface area contributed by atoms with Crippen molar-refractivity contribution in [1.82, 2.24) is 15.3 Å². The maximum Gasteiger partial charge on any atom is 0.253 e. The highest BCUT2D eigenvalue weighted by Crippen LogP contribution is 2.24. The molecule has 2 aromatic rings. The largest absolute Gasteiger partial charge is 0.345 e. The first kappa shape index (κ1) is 13.6. The average molecular weight is 279 g/mol. The number of halogens is 1. The molecule has 1 amide bonds. The summed E-state index contributed by atoms with van der Waals surface area (Å²) in [5.74, 6) is -0.871. The number of amides is 1. The standard InChI is InChI=1S/C13H14FN3OS/c1-7-12(19-9(3)16-7)8(2)17-13(18)10-4-5-11(14)15-6-10/h4-6,8H,1-3H3,(H,17,18). The Bertz CT molecular complexity index is 594. The topological polar surface area (TPSA) is 54.9 Å². The molecule has 0 fully saturated rings. The number of hydrogen-bond donors (Lipinski definition) is 1. The molecule has 0 aliphatic carbocycles. The van der Waals surface area contributed by atoms with E-state index in [-0.39, 0.29) is 11.9 Å². The van der Waals surface area contributed by atoms with Crippen LogP contribution in [0.4, 0.5) is 4.39 Å². The lowest BCUT2D eigenvalue weighted by Crippen LogP contribution is -2.26. The lowest BCUT2D eigenvalue weighted by atomic mass is 10.2. The van der Waals surface area contributed by atoms with Crippen LogP contribution in [0, 0.1) is 19.8 Å². The van der Waals surface area contributed by atoms with Crippen LogP contribution in [0.25, 0.3) is 0 Å². The Morgan fingerprint density at radius 3 is 2.68 bits per heavy atom. The molecule has 1 atom stereocenters. The van der Waals surface area contributed by atoms with Crippen molar-refractivity contribution in [2.45, 2.75) is 26.8 Å². The summed E-state index contributed by atoms with van der Waals surface area (Å²) in [6.07, 6.45) is 1.22. The molecule has 1 unspecified atom stereocenters. The van der Waals surface area contributed by atoms with Gasteiger partial charge in [0.2, 0.25) is 5.95 Å². The Morgan fingerprint density at radius 1 is 1.42 bits per heavy atom. The van der Waals surface area contributed by atoms with Crippen LogP contribution in [-0.2, 0) is 0 Å². The van der Waals surface area contributed by atoms with Crippen molar-refractivity contribution in [2.24, 2.45) is 0 Å². The van der Waals surface area contributed by atoms with E-state index in [1.54, 1.807) is 11.3 Å². The predicted octanol–water partition coefficient (Wildman–Crippen LogP) is 2.79. The highest BCUT2D eigenvalue weighted by Gasteiger charge is 2.16. The number of carbonyl (C=O) groups excluding carboxylic acids is 1. The van der Waals surface area contributed by atoms with E-state index in [4.69, 9.17) is 0 Å². The molecule has 4 nitrogen and oxygen atoms in total. The molecular weight excluding hydrogens is 265 g/mol. The van der Waals surface area contributed by atoms with Crippen LogP contribution < -0.4 is 5.32 Å². The lowest BCUT2D eigenvalue weighted by Gasteiger charge is -2.12. The number of carbonyl (C=O) groups is 1. The van der Waals surface area contributed by atoms with Crippen LogP contribution in [0.3, 0.4) is 0 Å². The van der Waals surface area contributed by atoms with Crippen LogP contribution >= 0.6 is 11.3 Å². The fraction of sp³-hybridized carbons (Fsp3) is 0.308. The number of aryl methyl sites for hydroxylation is 2. The average Bonchev–Trinajstić information content (AvgIpc) is 2.69. The van der Waals surface area contributed by atoms with Gasteiger partial charge in [0.05, 0.1) is 22.3 Å². The van der Waals surface area contributed by atoms with Gasteiger partial charge >= 0.3 is 0 Å². The van der Waals surface area contributed by atoms with Gasteiger partial charge in [-0.2, -0.15) is 4.39 Å². The molecule has 2 aromatic heterocycles. The minimum absolute atomic E-state index is 0.135. The monoisotopic (exact) mass is 279 g/mol. The van der Waals surface area contributed by atoms with Gasteiger partial charge in [-0.25, -0.2) is 9.97 Å². The number of thiazole rings is 1. The first-order chi connectivity index (χ1) is 8.97. The van der Waals surface area contributed by atoms with Gasteiger partial charge in [-0.15, -0.1) is 11.3 Å². The molecule has 6 heteroatoms. The molecule has 0 aliphatic rings. The fourth-order valence-electron chi connectivity index (χ4n) is 1.80. The molecular formula is C13H14FN3OS. The Morgan fingerprint density at radius 2 is 2.16 bits per heavy atom. The van der Waals surface area contributed by atoms with Crippen LogP contribution in [-0.4, -0.2) is 15.9 Å². The molecule has 0 radical (unpaired) electrons. The Hall–Kier alpha value is -1.82. The summed E-state index contributed by atoms with van der Waals surface area (Å²) in [5, 5.41) is 3.82. The van der Waals surface area contributed by atoms with Gasteiger partial charge in [0.25, 0.3) is 5.91 Å². The molecule has 1 N–H and O–H groups in total. The maximum atomic E-state index is 12.7. The summed E-state index contributed by atoms with van der Waals surface area (Å²) in [7, 11) is 0. The SMILES string of the molecule is Cc1nc(C)c(C(C)NC(=O)c2ccc(F)nc2)s1. The van der Waals surface area contributed by atoms with Crippen LogP contribution in [0.2, 0.25) is 0 Å². The van der Waals surface area contributed by atoms with Gasteiger partial charge in [0, 0.05) is 11.1 Å². The first-order valence-electron chi connectivity index (χ1n) is 5.83. The van der Waals surface area contributed by atoms with Crippen LogP contribution in [0.15, 0.2) is 18.3 Å². The highest BCUT2D eigenvalue weighted by molar-refractivity contribution is 7.11. The second kappa shape index (κ2) is 5.44. The number of nitrogens with zero attached hydrogens (tertiary/aromatic N) is 2. The molecule has 2 heterocycles. The zero-order valence-corrected chi connectivity index (χ0v) is 11.7. The minimum atomic E-state index is -0.599. The normalized spacial score (nSPS) is 12.2. The van der Waals surface area contributed by atoms with Crippen molar-refractivity contribution < 1.29 is 9.18 Å². The zero-order valence-electron chi connectivity index (χ0n) is 10.9. The number of aromatic nitrogens is 2. The van der Waals surface area contributed by atoms with E-state index in [0.29, 0.717) is 5.56 Å². The fourth-order valence-corrected chi connectivity index (χ4v) is 2.73.